The number of nitrogens with zero attached hydrogens (tertiary/aromatic N) is 3. The zero-order valence-electron chi connectivity index (χ0n) is 33.4. The Labute approximate surface area is 362 Å². The fourth-order valence-corrected chi connectivity index (χ4v) is 10.0. The van der Waals surface area contributed by atoms with Crippen molar-refractivity contribution in [3.63, 3.8) is 0 Å². The molecule has 0 N–H and O–H groups in total. The average molecular weight is 810 g/mol. The Kier molecular flexibility index (Phi) is 8.65. The van der Waals surface area contributed by atoms with E-state index in [9.17, 15) is 0 Å². The first kappa shape index (κ1) is 35.9. The van der Waals surface area contributed by atoms with Gasteiger partial charge in [0, 0.05) is 47.6 Å². The predicted octanol–water partition coefficient (Wildman–Crippen LogP) is 15.8. The molecule has 5 heteroatoms. The number of fused-ring (bicyclic) bond motifs is 6. The van der Waals surface area contributed by atoms with Crippen molar-refractivity contribution >= 4 is 53.4 Å². The van der Waals surface area contributed by atoms with Gasteiger partial charge in [0.15, 0.2) is 17.5 Å². The number of hydrogen-bond donors (Lipinski definition) is 0. The quantitative estimate of drug-likeness (QED) is 0.161. The van der Waals surface area contributed by atoms with Crippen LogP contribution in [0.1, 0.15) is 0 Å². The first-order chi connectivity index (χ1) is 30.7. The Morgan fingerprint density at radius 3 is 1.58 bits per heavy atom. The summed E-state index contributed by atoms with van der Waals surface area (Å²) in [4.78, 5) is 15.7. The first-order valence-electron chi connectivity index (χ1n) is 20.8. The molecule has 290 valence electrons. The van der Waals surface area contributed by atoms with Gasteiger partial charge in [-0.2, -0.15) is 0 Å². The third-order valence-corrected chi connectivity index (χ3v) is 12.9. The summed E-state index contributed by atoms with van der Waals surface area (Å²) in [5, 5.41) is 4.33. The van der Waals surface area contributed by atoms with Crippen LogP contribution in [0.5, 0.6) is 0 Å². The van der Waals surface area contributed by atoms with E-state index in [1.807, 2.05) is 30.3 Å². The molecule has 0 unspecified atom stereocenters. The van der Waals surface area contributed by atoms with Gasteiger partial charge < -0.3 is 4.42 Å². The Bertz CT molecular complexity index is 3630. The van der Waals surface area contributed by atoms with Crippen LogP contribution in [0, 0.1) is 0 Å². The van der Waals surface area contributed by atoms with Gasteiger partial charge in [-0.25, -0.2) is 15.0 Å². The molecule has 4 nitrogen and oxygen atoms in total. The fraction of sp³-hybridized carbons (Fsp3) is 0. The van der Waals surface area contributed by atoms with Gasteiger partial charge in [0.25, 0.3) is 0 Å². The van der Waals surface area contributed by atoms with Gasteiger partial charge in [0.2, 0.25) is 0 Å². The van der Waals surface area contributed by atoms with Gasteiger partial charge >= 0.3 is 0 Å². The average Bonchev–Trinajstić information content (AvgIpc) is 3.93. The van der Waals surface area contributed by atoms with E-state index in [4.69, 9.17) is 19.4 Å². The van der Waals surface area contributed by atoms with Crippen LogP contribution in [0.25, 0.3) is 121 Å². The molecule has 0 aliphatic carbocycles. The van der Waals surface area contributed by atoms with E-state index in [1.165, 1.54) is 42.6 Å². The maximum Gasteiger partial charge on any atom is 0.164 e. The van der Waals surface area contributed by atoms with Crippen molar-refractivity contribution in [1.29, 1.82) is 0 Å². The minimum Gasteiger partial charge on any atom is -0.456 e. The largest absolute Gasteiger partial charge is 0.456 e. The summed E-state index contributed by atoms with van der Waals surface area (Å²) < 4.78 is 9.02. The second kappa shape index (κ2) is 14.9. The van der Waals surface area contributed by atoms with Crippen molar-refractivity contribution in [2.45, 2.75) is 0 Å². The molecule has 0 aliphatic rings. The smallest absolute Gasteiger partial charge is 0.164 e. The van der Waals surface area contributed by atoms with E-state index < -0.39 is 0 Å². The van der Waals surface area contributed by atoms with E-state index in [-0.39, 0.29) is 0 Å². The highest BCUT2D eigenvalue weighted by molar-refractivity contribution is 7.25. The Morgan fingerprint density at radius 1 is 0.290 bits per heavy atom. The van der Waals surface area contributed by atoms with Crippen molar-refractivity contribution in [1.82, 2.24) is 15.0 Å². The molecule has 0 saturated heterocycles. The monoisotopic (exact) mass is 809 g/mol. The van der Waals surface area contributed by atoms with Crippen LogP contribution in [0.15, 0.2) is 217 Å². The number of aromatic nitrogens is 3. The number of thiophene rings is 1. The standard InChI is InChI=1S/C57H35N3OS/c1-4-16-36(17-5-1)41-22-10-11-23-42(41)43-32-30-39(34-47(43)37-18-6-2-7-19-37)40-31-33-49-48(35-40)53-45(25-14-27-50(53)61-49)56-58-55(38-20-8-3-9-21-38)59-57(60-56)46-26-15-29-52-54(46)44-24-12-13-28-51(44)62-52/h1-35H. The summed E-state index contributed by atoms with van der Waals surface area (Å²) in [6.45, 7) is 0. The molecule has 3 heterocycles. The molecule has 0 saturated carbocycles. The van der Waals surface area contributed by atoms with Gasteiger partial charge in [-0.3, -0.25) is 0 Å². The van der Waals surface area contributed by atoms with Crippen molar-refractivity contribution in [2.24, 2.45) is 0 Å². The molecule has 12 rings (SSSR count). The minimum absolute atomic E-state index is 0.594. The van der Waals surface area contributed by atoms with E-state index in [2.05, 4.69) is 182 Å². The second-order valence-corrected chi connectivity index (χ2v) is 16.6. The molecule has 0 aliphatic heterocycles. The lowest BCUT2D eigenvalue weighted by molar-refractivity contribution is 0.669. The minimum atomic E-state index is 0.594. The van der Waals surface area contributed by atoms with Crippen LogP contribution in [0.4, 0.5) is 0 Å². The summed E-state index contributed by atoms with van der Waals surface area (Å²) in [6.07, 6.45) is 0. The topological polar surface area (TPSA) is 51.8 Å². The number of benzene rings is 9. The van der Waals surface area contributed by atoms with Crippen molar-refractivity contribution in [2.75, 3.05) is 0 Å². The third kappa shape index (κ3) is 6.18. The van der Waals surface area contributed by atoms with Crippen LogP contribution in [-0.2, 0) is 0 Å². The SMILES string of the molecule is c1ccc(-c2nc(-c3cccc4oc5ccc(-c6ccc(-c7ccccc7-c7ccccc7)c(-c7ccccc7)c6)cc5c34)nc(-c3cccc4sc5ccccc5c34)n2)cc1. The van der Waals surface area contributed by atoms with Gasteiger partial charge in [-0.05, 0) is 80.9 Å². The molecule has 0 atom stereocenters. The van der Waals surface area contributed by atoms with Crippen molar-refractivity contribution in [3.8, 4) is 78.7 Å². The second-order valence-electron chi connectivity index (χ2n) is 15.5. The highest BCUT2D eigenvalue weighted by Crippen LogP contribution is 2.44. The maximum atomic E-state index is 6.59. The van der Waals surface area contributed by atoms with Gasteiger partial charge in [0.1, 0.15) is 11.2 Å². The maximum absolute atomic E-state index is 6.59. The number of hydrogen-bond acceptors (Lipinski definition) is 5. The highest BCUT2D eigenvalue weighted by Gasteiger charge is 2.21. The highest BCUT2D eigenvalue weighted by atomic mass is 32.1. The van der Waals surface area contributed by atoms with Crippen LogP contribution >= 0.6 is 11.3 Å². The lowest BCUT2D eigenvalue weighted by Crippen LogP contribution is -2.00. The summed E-state index contributed by atoms with van der Waals surface area (Å²) in [5.41, 5.74) is 13.7. The molecule has 0 amide bonds. The van der Waals surface area contributed by atoms with Gasteiger partial charge in [0.05, 0.1) is 0 Å². The zero-order chi connectivity index (χ0) is 41.0. The first-order valence-corrected chi connectivity index (χ1v) is 21.6. The molecule has 62 heavy (non-hydrogen) atoms. The molecule has 3 aromatic heterocycles. The summed E-state index contributed by atoms with van der Waals surface area (Å²) in [6, 6.07) is 74.6. The summed E-state index contributed by atoms with van der Waals surface area (Å²) in [7, 11) is 0. The molecule has 0 bridgehead atoms. The molecular weight excluding hydrogens is 775 g/mol. The molecule has 0 fully saturated rings. The van der Waals surface area contributed by atoms with Crippen molar-refractivity contribution in [3.05, 3.63) is 212 Å². The van der Waals surface area contributed by atoms with E-state index in [0.717, 1.165) is 60.7 Å². The number of furan rings is 1. The normalized spacial score (nSPS) is 11.5. The van der Waals surface area contributed by atoms with E-state index in [1.54, 1.807) is 11.3 Å². The predicted molar refractivity (Wildman–Crippen MR) is 258 cm³/mol. The van der Waals surface area contributed by atoms with Crippen LogP contribution in [-0.4, -0.2) is 15.0 Å². The molecule has 0 radical (unpaired) electrons. The Balaban J connectivity index is 1.04. The van der Waals surface area contributed by atoms with Crippen molar-refractivity contribution < 1.29 is 4.42 Å². The fourth-order valence-electron chi connectivity index (χ4n) is 8.89. The summed E-state index contributed by atoms with van der Waals surface area (Å²) >= 11 is 1.79. The van der Waals surface area contributed by atoms with Gasteiger partial charge in [-0.15, -0.1) is 11.3 Å². The Morgan fingerprint density at radius 2 is 0.823 bits per heavy atom. The van der Waals surface area contributed by atoms with Crippen LogP contribution in [0.3, 0.4) is 0 Å². The molecule has 12 aromatic rings. The number of rotatable bonds is 7. The lowest BCUT2D eigenvalue weighted by Gasteiger charge is -2.16. The van der Waals surface area contributed by atoms with Crippen LogP contribution in [0.2, 0.25) is 0 Å². The van der Waals surface area contributed by atoms with Gasteiger partial charge in [-0.1, -0.05) is 176 Å². The Hall–Kier alpha value is -7.99. The van der Waals surface area contributed by atoms with E-state index in [0.29, 0.717) is 17.5 Å². The summed E-state index contributed by atoms with van der Waals surface area (Å²) in [5.74, 6) is 1.85. The van der Waals surface area contributed by atoms with Crippen LogP contribution < -0.4 is 0 Å². The zero-order valence-corrected chi connectivity index (χ0v) is 34.2. The third-order valence-electron chi connectivity index (χ3n) is 11.8. The molecule has 9 aromatic carbocycles. The lowest BCUT2D eigenvalue weighted by atomic mass is 9.87. The van der Waals surface area contributed by atoms with E-state index >= 15 is 0 Å². The molecule has 0 spiro atoms. The molecular formula is C57H35N3OS.